The van der Waals surface area contributed by atoms with Gasteiger partial charge in [-0.1, -0.05) is 45.7 Å². The molecular weight excluding hydrogens is 1050 g/mol. The average molecular weight is 1110 g/mol. The third-order valence-corrected chi connectivity index (χ3v) is 9.73. The van der Waals surface area contributed by atoms with Crippen LogP contribution in [0.1, 0.15) is 94.3 Å². The normalized spacial score (nSPS) is 9.48. The molecule has 8 aromatic heterocycles. The topological polar surface area (TPSA) is 283 Å². The molecule has 25 heteroatoms. The van der Waals surface area contributed by atoms with Crippen LogP contribution in [0.3, 0.4) is 0 Å². The van der Waals surface area contributed by atoms with Gasteiger partial charge in [-0.15, -0.1) is 0 Å². The molecule has 0 saturated heterocycles. The number of aromatic carboxylic acids is 1. The Morgan fingerprint density at radius 2 is 1.04 bits per heavy atom. The van der Waals surface area contributed by atoms with Crippen LogP contribution in [-0.4, -0.2) is 105 Å². The Hall–Kier alpha value is -8.96. The number of pyridine rings is 4. The molecule has 0 aromatic carbocycles. The van der Waals surface area contributed by atoms with Crippen LogP contribution in [0.25, 0.3) is 48.8 Å². The van der Waals surface area contributed by atoms with Crippen molar-refractivity contribution in [2.24, 2.45) is 5.84 Å². The van der Waals surface area contributed by atoms with E-state index in [-0.39, 0.29) is 51.3 Å². The van der Waals surface area contributed by atoms with Crippen molar-refractivity contribution in [1.29, 1.82) is 5.26 Å². The van der Waals surface area contributed by atoms with Crippen molar-refractivity contribution < 1.29 is 62.6 Å². The summed E-state index contributed by atoms with van der Waals surface area (Å²) in [5.41, 5.74) is 8.81. The zero-order chi connectivity index (χ0) is 54.4. The Kier molecular flexibility index (Phi) is 32.6. The van der Waals surface area contributed by atoms with E-state index in [0.29, 0.717) is 79.8 Å². The predicted octanol–water partition coefficient (Wildman–Crippen LogP) is 6.74. The van der Waals surface area contributed by atoms with Gasteiger partial charge >= 0.3 is 42.7 Å². The largest absolute Gasteiger partial charge is 1.00 e. The van der Waals surface area contributed by atoms with Crippen LogP contribution >= 0.6 is 15.9 Å². The van der Waals surface area contributed by atoms with E-state index in [2.05, 4.69) is 62.8 Å². The summed E-state index contributed by atoms with van der Waals surface area (Å²) in [5.74, 6) is 1.88. The van der Waals surface area contributed by atoms with Gasteiger partial charge in [0.05, 0.1) is 57.2 Å². The Bertz CT molecular complexity index is 3390. The third-order valence-electron chi connectivity index (χ3n) is 9.26. The van der Waals surface area contributed by atoms with E-state index in [4.69, 9.17) is 49.5 Å². The van der Waals surface area contributed by atoms with Crippen LogP contribution in [0, 0.1) is 31.0 Å². The summed E-state index contributed by atoms with van der Waals surface area (Å²) >= 11 is 3.34. The Morgan fingerprint density at radius 1 is 0.688 bits per heavy atom. The SMILES string of the molecule is C.C.C=CC#N.CCOC(=O)c1cnc2ccc(Br)cn12.N[N-]O.[C-]#[N+]/C=C/c1ccc2ncc(C(=O)OCC)n2c1.[C-]#[N+]CCc1ccc2ncc(C(=O)O)n2c1.[C-]#[N+]CCc1ccc2ncc(C(=O)OCC)n2c1.[Li+]. The van der Waals surface area contributed by atoms with Gasteiger partial charge in [0, 0.05) is 48.2 Å². The molecule has 0 aliphatic carbocycles. The number of aromatic nitrogens is 8. The first-order valence-electron chi connectivity index (χ1n) is 21.8. The maximum Gasteiger partial charge on any atom is 1.00 e. The smallest absolute Gasteiger partial charge is 0.488 e. The number of carboxylic acids is 1. The van der Waals surface area contributed by atoms with Gasteiger partial charge in [0.25, 0.3) is 0 Å². The first kappa shape index (κ1) is 68.0. The van der Waals surface area contributed by atoms with Crippen molar-refractivity contribution in [3.05, 3.63) is 201 Å². The number of imidazole rings is 4. The minimum Gasteiger partial charge on any atom is -0.488 e. The first-order chi connectivity index (χ1) is 35.8. The Morgan fingerprint density at radius 3 is 1.40 bits per heavy atom. The van der Waals surface area contributed by atoms with Crippen LogP contribution in [0.15, 0.2) is 121 Å². The van der Waals surface area contributed by atoms with Gasteiger partial charge in [-0.05, 0) is 83.7 Å². The summed E-state index contributed by atoms with van der Waals surface area (Å²) in [7, 11) is 0. The average Bonchev–Trinajstić information content (AvgIpc) is 4.23. The summed E-state index contributed by atoms with van der Waals surface area (Å²) in [6.07, 6.45) is 18.4. The molecule has 0 spiro atoms. The molecule has 0 fully saturated rings. The molecule has 77 heavy (non-hydrogen) atoms. The number of esters is 3. The van der Waals surface area contributed by atoms with Crippen molar-refractivity contribution in [3.8, 4) is 6.07 Å². The fourth-order valence-electron chi connectivity index (χ4n) is 6.11. The number of nitrogens with zero attached hydrogens (tertiary/aromatic N) is 13. The summed E-state index contributed by atoms with van der Waals surface area (Å²) in [6, 6.07) is 16.4. The summed E-state index contributed by atoms with van der Waals surface area (Å²) in [4.78, 5) is 71.9. The van der Waals surface area contributed by atoms with Gasteiger partial charge in [-0.25, -0.2) is 57.1 Å². The zero-order valence-electron chi connectivity index (χ0n) is 41.1. The number of ether oxygens (including phenoxy) is 3. The summed E-state index contributed by atoms with van der Waals surface area (Å²) < 4.78 is 22.3. The number of carboxylic acid groups (broad SMARTS) is 1. The van der Waals surface area contributed by atoms with E-state index in [1.165, 1.54) is 41.5 Å². The van der Waals surface area contributed by atoms with E-state index >= 15 is 0 Å². The van der Waals surface area contributed by atoms with Gasteiger partial charge in [-0.2, -0.15) is 5.26 Å². The van der Waals surface area contributed by atoms with E-state index in [1.807, 2.05) is 48.2 Å². The molecule has 0 amide bonds. The van der Waals surface area contributed by atoms with E-state index < -0.39 is 11.9 Å². The number of carbonyl (C=O) groups excluding carboxylic acids is 3. The molecule has 8 heterocycles. The standard InChI is InChI=1S/C13H13N3O2.C13H11N3O2.C11H9N3O2.C10H9BrN2O2.C3H3N.2CH4.Li.H3N2O/c2*1-3-18-13(17)11-8-15-12-5-4-10(6-7-14-2)9-16(11)12;1-12-5-4-8-2-3-10-13-6-9(11(15)16)14(10)7-8;1-2-15-10(14)8-5-12-9-4-3-7(11)6-13(8)9;1-2-3-4;;;;1-2-3/h4-5,8-9H,3,6-7H2,1H3;4-9H,3H2,1H3;2-3,6-7H,4-5H2,(H,15,16);3-6H,2H2,1H3;2H,1H2;2*1H4;;3H,1H2/q;;;;;;;+1;-1/b;7-6+;;;;;;;. The molecule has 0 aliphatic rings. The molecule has 4 N–H and O–H groups in total. The van der Waals surface area contributed by atoms with Gasteiger partial charge in [0.2, 0.25) is 13.1 Å². The predicted molar refractivity (Wildman–Crippen MR) is 288 cm³/mol. The maximum atomic E-state index is 11.7. The first-order valence-corrected chi connectivity index (χ1v) is 22.6. The fourth-order valence-corrected chi connectivity index (χ4v) is 6.45. The van der Waals surface area contributed by atoms with Crippen molar-refractivity contribution in [1.82, 2.24) is 37.5 Å². The van der Waals surface area contributed by atoms with Crippen molar-refractivity contribution in [2.45, 2.75) is 48.5 Å². The zero-order valence-corrected chi connectivity index (χ0v) is 42.7. The number of hydrogen-bond donors (Lipinski definition) is 3. The number of allylic oxidation sites excluding steroid dienone is 1. The molecular formula is C52H56BrLiN14O9. The van der Waals surface area contributed by atoms with Crippen molar-refractivity contribution >= 4 is 68.5 Å². The number of hydrogen-bond acceptors (Lipinski definition) is 14. The van der Waals surface area contributed by atoms with Gasteiger partial charge in [0.15, 0.2) is 29.0 Å². The number of fused-ring (bicyclic) bond motifs is 4. The van der Waals surface area contributed by atoms with E-state index in [1.54, 1.807) is 76.8 Å². The van der Waals surface area contributed by atoms with E-state index in [9.17, 15) is 19.2 Å². The van der Waals surface area contributed by atoms with Crippen LogP contribution in [0.5, 0.6) is 0 Å². The van der Waals surface area contributed by atoms with Crippen molar-refractivity contribution in [3.63, 3.8) is 0 Å². The van der Waals surface area contributed by atoms with Gasteiger partial charge in [-0.3, -0.25) is 17.6 Å². The second kappa shape index (κ2) is 36.9. The quantitative estimate of drug-likeness (QED) is 0.0217. The Labute approximate surface area is 465 Å². The minimum absolute atomic E-state index is 0. The molecule has 0 radical (unpaired) electrons. The molecule has 0 aliphatic heterocycles. The van der Waals surface area contributed by atoms with Gasteiger partial charge in [0.1, 0.15) is 22.6 Å². The van der Waals surface area contributed by atoms with Crippen LogP contribution in [0.2, 0.25) is 0 Å². The summed E-state index contributed by atoms with van der Waals surface area (Å²) in [6.45, 7) is 30.5. The maximum absolute atomic E-state index is 11.7. The van der Waals surface area contributed by atoms with Crippen molar-refractivity contribution in [2.75, 3.05) is 32.9 Å². The number of carbonyl (C=O) groups is 4. The fraction of sp³-hybridized carbons (Fsp3) is 0.231. The van der Waals surface area contributed by atoms with Crippen LogP contribution in [-0.2, 0) is 27.1 Å². The molecule has 8 rings (SSSR count). The number of halogens is 1. The molecule has 8 aromatic rings. The Balaban J connectivity index is 0.000000949. The molecule has 0 saturated carbocycles. The monoisotopic (exact) mass is 1110 g/mol. The molecule has 0 atom stereocenters. The van der Waals surface area contributed by atoms with Gasteiger partial charge < -0.3 is 45.6 Å². The molecule has 0 bridgehead atoms. The van der Waals surface area contributed by atoms with Crippen LogP contribution in [0.4, 0.5) is 0 Å². The molecule has 0 unspecified atom stereocenters. The molecule has 396 valence electrons. The molecule has 23 nitrogen and oxygen atoms in total. The van der Waals surface area contributed by atoms with Crippen LogP contribution < -0.4 is 24.7 Å². The second-order valence-corrected chi connectivity index (χ2v) is 14.9. The minimum atomic E-state index is -1.00. The third kappa shape index (κ3) is 20.7. The number of rotatable bonds is 12. The number of nitrogens with two attached hydrogens (primary N) is 1. The second-order valence-electron chi connectivity index (χ2n) is 14.0. The summed E-state index contributed by atoms with van der Waals surface area (Å²) in [5, 5.41) is 23.4. The number of nitriles is 1. The van der Waals surface area contributed by atoms with E-state index in [0.717, 1.165) is 26.8 Å².